The average molecular weight is 480 g/mol. The molecule has 0 radical (unpaired) electrons. The van der Waals surface area contributed by atoms with Crippen LogP contribution in [0.25, 0.3) is 0 Å². The molecule has 3 amide bonds. The number of nitrogens with zero attached hydrogens (tertiary/aromatic N) is 2. The topological polar surface area (TPSA) is 57.7 Å². The van der Waals surface area contributed by atoms with E-state index in [-0.39, 0.29) is 28.9 Å². The minimum atomic E-state index is -0.537. The van der Waals surface area contributed by atoms with Crippen LogP contribution in [0.5, 0.6) is 0 Å². The van der Waals surface area contributed by atoms with Gasteiger partial charge in [-0.25, -0.2) is 5.01 Å². The molecular formula is C23H21Cl3N2O3. The number of fused-ring (bicyclic) bond motifs is 1. The molecule has 1 aliphatic carbocycles. The second kappa shape index (κ2) is 8.81. The largest absolute Gasteiger partial charge is 0.274 e. The Balaban J connectivity index is 1.75. The summed E-state index contributed by atoms with van der Waals surface area (Å²) in [6.07, 6.45) is 2.17. The summed E-state index contributed by atoms with van der Waals surface area (Å²) in [7, 11) is 0. The second-order valence-electron chi connectivity index (χ2n) is 8.20. The number of benzene rings is 2. The quantitative estimate of drug-likeness (QED) is 0.534. The number of hydrazine groups is 1. The summed E-state index contributed by atoms with van der Waals surface area (Å²) < 4.78 is 0. The van der Waals surface area contributed by atoms with Crippen molar-refractivity contribution in [3.05, 3.63) is 68.7 Å². The van der Waals surface area contributed by atoms with Crippen LogP contribution in [0.3, 0.4) is 0 Å². The minimum absolute atomic E-state index is 0.0630. The number of amides is 3. The predicted octanol–water partition coefficient (Wildman–Crippen LogP) is 5.63. The van der Waals surface area contributed by atoms with Crippen LogP contribution in [0, 0.1) is 17.8 Å². The van der Waals surface area contributed by atoms with Crippen LogP contribution < -0.4 is 0 Å². The monoisotopic (exact) mass is 478 g/mol. The minimum Gasteiger partial charge on any atom is -0.272 e. The van der Waals surface area contributed by atoms with Crippen LogP contribution >= 0.6 is 34.8 Å². The number of rotatable bonds is 4. The van der Waals surface area contributed by atoms with Gasteiger partial charge in [0.1, 0.15) is 0 Å². The standard InChI is InChI=1S/C23H21Cl3N2O3/c1-13-6-9-16-18(10-13)23(31)28(22(16)30)27(12-14-7-8-15(24)11-20(14)26)21(29)17-4-2-3-5-19(17)25/h2-5,7-8,11,13,16,18H,6,9-10,12H2,1H3/t13-,16+,18-/m1/s1. The lowest BCUT2D eigenvalue weighted by molar-refractivity contribution is -0.155. The molecule has 0 N–H and O–H groups in total. The summed E-state index contributed by atoms with van der Waals surface area (Å²) in [5.74, 6) is -1.66. The summed E-state index contributed by atoms with van der Waals surface area (Å²) in [6, 6.07) is 11.4. The highest BCUT2D eigenvalue weighted by Gasteiger charge is 2.52. The molecule has 2 aliphatic rings. The summed E-state index contributed by atoms with van der Waals surface area (Å²) in [4.78, 5) is 40.1. The molecule has 1 heterocycles. The molecule has 1 saturated heterocycles. The molecule has 2 aromatic rings. The van der Waals surface area contributed by atoms with E-state index >= 15 is 0 Å². The molecule has 0 aromatic heterocycles. The van der Waals surface area contributed by atoms with Crippen molar-refractivity contribution in [2.75, 3.05) is 0 Å². The SMILES string of the molecule is C[C@@H]1CC[C@@H]2C(=O)N(N(Cc3ccc(Cl)cc3Cl)C(=O)c3ccccc3Cl)C(=O)[C@@H]2C1. The zero-order chi connectivity index (χ0) is 22.3. The smallest absolute Gasteiger partial charge is 0.272 e. The normalized spacial score (nSPS) is 23.1. The maximum absolute atomic E-state index is 13.5. The van der Waals surface area contributed by atoms with Crippen molar-refractivity contribution in [2.24, 2.45) is 17.8 Å². The Labute approximate surface area is 195 Å². The summed E-state index contributed by atoms with van der Waals surface area (Å²) in [6.45, 7) is 2.02. The van der Waals surface area contributed by atoms with Gasteiger partial charge in [0.25, 0.3) is 17.7 Å². The van der Waals surface area contributed by atoms with E-state index in [1.165, 1.54) is 5.01 Å². The van der Waals surface area contributed by atoms with Crippen LogP contribution in [-0.4, -0.2) is 27.7 Å². The summed E-state index contributed by atoms with van der Waals surface area (Å²) in [5.41, 5.74) is 0.772. The zero-order valence-electron chi connectivity index (χ0n) is 16.9. The third-order valence-corrected chi connectivity index (χ3v) is 7.00. The van der Waals surface area contributed by atoms with Crippen molar-refractivity contribution in [3.63, 3.8) is 0 Å². The highest BCUT2D eigenvalue weighted by atomic mass is 35.5. The van der Waals surface area contributed by atoms with Gasteiger partial charge in [-0.15, -0.1) is 0 Å². The van der Waals surface area contributed by atoms with Crippen LogP contribution in [-0.2, 0) is 16.1 Å². The number of hydrogen-bond acceptors (Lipinski definition) is 3. The number of halogens is 3. The third kappa shape index (κ3) is 4.19. The van der Waals surface area contributed by atoms with E-state index in [0.29, 0.717) is 34.4 Å². The van der Waals surface area contributed by atoms with Gasteiger partial charge in [0.15, 0.2) is 0 Å². The first-order valence-corrected chi connectivity index (χ1v) is 11.3. The number of hydrogen-bond donors (Lipinski definition) is 0. The maximum Gasteiger partial charge on any atom is 0.274 e. The molecule has 2 aromatic carbocycles. The first kappa shape index (κ1) is 22.1. The Morgan fingerprint density at radius 3 is 2.42 bits per heavy atom. The maximum atomic E-state index is 13.5. The van der Waals surface area contributed by atoms with E-state index in [1.54, 1.807) is 42.5 Å². The van der Waals surface area contributed by atoms with Crippen molar-refractivity contribution < 1.29 is 14.4 Å². The Morgan fingerprint density at radius 2 is 1.71 bits per heavy atom. The molecule has 1 saturated carbocycles. The first-order valence-electron chi connectivity index (χ1n) is 10.2. The van der Waals surface area contributed by atoms with E-state index in [2.05, 4.69) is 6.92 Å². The molecule has 5 nitrogen and oxygen atoms in total. The molecular weight excluding hydrogens is 459 g/mol. The van der Waals surface area contributed by atoms with E-state index in [9.17, 15) is 14.4 Å². The van der Waals surface area contributed by atoms with Crippen LogP contribution in [0.4, 0.5) is 0 Å². The van der Waals surface area contributed by atoms with Gasteiger partial charge in [-0.05, 0) is 55.0 Å². The van der Waals surface area contributed by atoms with E-state index in [4.69, 9.17) is 34.8 Å². The fourth-order valence-electron chi connectivity index (χ4n) is 4.43. The number of imide groups is 1. The molecule has 8 heteroatoms. The molecule has 0 bridgehead atoms. The van der Waals surface area contributed by atoms with Crippen LogP contribution in [0.2, 0.25) is 15.1 Å². The molecule has 2 fully saturated rings. The van der Waals surface area contributed by atoms with Crippen molar-refractivity contribution in [2.45, 2.75) is 32.7 Å². The lowest BCUT2D eigenvalue weighted by atomic mass is 9.76. The lowest BCUT2D eigenvalue weighted by Gasteiger charge is -2.31. The van der Waals surface area contributed by atoms with Gasteiger partial charge in [0.05, 0.1) is 29.0 Å². The van der Waals surface area contributed by atoms with Crippen molar-refractivity contribution >= 4 is 52.5 Å². The van der Waals surface area contributed by atoms with E-state index in [1.807, 2.05) is 0 Å². The van der Waals surface area contributed by atoms with Crippen LogP contribution in [0.1, 0.15) is 42.1 Å². The summed E-state index contributed by atoms with van der Waals surface area (Å²) >= 11 is 18.6. The van der Waals surface area contributed by atoms with E-state index < -0.39 is 17.7 Å². The zero-order valence-corrected chi connectivity index (χ0v) is 19.1. The first-order chi connectivity index (χ1) is 14.8. The highest BCUT2D eigenvalue weighted by molar-refractivity contribution is 6.35. The molecule has 3 atom stereocenters. The Kier molecular flexibility index (Phi) is 6.29. The van der Waals surface area contributed by atoms with E-state index in [0.717, 1.165) is 11.4 Å². The van der Waals surface area contributed by atoms with Gasteiger partial charge in [0.2, 0.25) is 0 Å². The lowest BCUT2D eigenvalue weighted by Crippen LogP contribution is -2.50. The number of carbonyl (C=O) groups is 3. The molecule has 0 unspecified atom stereocenters. The van der Waals surface area contributed by atoms with Gasteiger partial charge >= 0.3 is 0 Å². The predicted molar refractivity (Wildman–Crippen MR) is 120 cm³/mol. The Hall–Kier alpha value is -2.08. The molecule has 4 rings (SSSR count). The Morgan fingerprint density at radius 1 is 1.00 bits per heavy atom. The van der Waals surface area contributed by atoms with Crippen molar-refractivity contribution in [3.8, 4) is 0 Å². The van der Waals surface area contributed by atoms with Gasteiger partial charge in [-0.3, -0.25) is 14.4 Å². The van der Waals surface area contributed by atoms with Crippen molar-refractivity contribution in [1.29, 1.82) is 0 Å². The Bertz CT molecular complexity index is 1060. The highest BCUT2D eigenvalue weighted by Crippen LogP contribution is 2.41. The molecule has 0 spiro atoms. The van der Waals surface area contributed by atoms with Gasteiger partial charge in [-0.1, -0.05) is 59.9 Å². The number of carbonyl (C=O) groups excluding carboxylic acids is 3. The van der Waals surface area contributed by atoms with Gasteiger partial charge in [-0.2, -0.15) is 5.01 Å². The summed E-state index contributed by atoms with van der Waals surface area (Å²) in [5, 5.41) is 3.22. The fourth-order valence-corrected chi connectivity index (χ4v) is 5.11. The average Bonchev–Trinajstić information content (AvgIpc) is 2.97. The van der Waals surface area contributed by atoms with Gasteiger partial charge < -0.3 is 0 Å². The molecule has 1 aliphatic heterocycles. The molecule has 162 valence electrons. The second-order valence-corrected chi connectivity index (χ2v) is 9.45. The van der Waals surface area contributed by atoms with Crippen LogP contribution in [0.15, 0.2) is 42.5 Å². The third-order valence-electron chi connectivity index (χ3n) is 6.08. The fraction of sp³-hybridized carbons (Fsp3) is 0.348. The van der Waals surface area contributed by atoms with Gasteiger partial charge in [0, 0.05) is 10.0 Å². The molecule has 31 heavy (non-hydrogen) atoms. The van der Waals surface area contributed by atoms with Crippen molar-refractivity contribution in [1.82, 2.24) is 10.0 Å².